The highest BCUT2D eigenvalue weighted by molar-refractivity contribution is 14.0. The van der Waals surface area contributed by atoms with Gasteiger partial charge in [0.05, 0.1) is 6.04 Å². The Morgan fingerprint density at radius 2 is 1.86 bits per heavy atom. The van der Waals surface area contributed by atoms with Crippen LogP contribution >= 0.6 is 35.7 Å². The van der Waals surface area contributed by atoms with Crippen LogP contribution in [0.15, 0.2) is 29.3 Å². The Bertz CT molecular complexity index is 434. The molecule has 0 fully saturated rings. The topological polar surface area (TPSA) is 39.7 Å². The van der Waals surface area contributed by atoms with Crippen molar-refractivity contribution in [2.75, 3.05) is 46.2 Å². The van der Waals surface area contributed by atoms with Crippen molar-refractivity contribution in [3.05, 3.63) is 35.4 Å². The second-order valence-corrected chi connectivity index (χ2v) is 6.25. The van der Waals surface area contributed by atoms with E-state index in [0.717, 1.165) is 24.8 Å². The van der Waals surface area contributed by atoms with E-state index in [9.17, 15) is 0 Å². The monoisotopic (exact) mass is 436 g/mol. The summed E-state index contributed by atoms with van der Waals surface area (Å²) in [5.41, 5.74) is 2.61. The maximum Gasteiger partial charge on any atom is 0.191 e. The largest absolute Gasteiger partial charge is 0.356 e. The van der Waals surface area contributed by atoms with Crippen LogP contribution < -0.4 is 10.6 Å². The number of likely N-dealkylation sites (N-methyl/N-ethyl adjacent to an activating group) is 1. The molecule has 0 aliphatic heterocycles. The van der Waals surface area contributed by atoms with Crippen LogP contribution in [0.1, 0.15) is 17.2 Å². The zero-order valence-electron chi connectivity index (χ0n) is 14.2. The minimum absolute atomic E-state index is 0. The fraction of sp³-hybridized carbons (Fsp3) is 0.562. The number of hydrogen-bond acceptors (Lipinski definition) is 3. The summed E-state index contributed by atoms with van der Waals surface area (Å²) in [6, 6.07) is 9.05. The molecule has 0 heterocycles. The van der Waals surface area contributed by atoms with Gasteiger partial charge in [0.15, 0.2) is 5.96 Å². The van der Waals surface area contributed by atoms with Gasteiger partial charge in [-0.2, -0.15) is 11.8 Å². The lowest BCUT2D eigenvalue weighted by Gasteiger charge is -2.26. The van der Waals surface area contributed by atoms with Gasteiger partial charge in [-0.1, -0.05) is 29.8 Å². The molecule has 1 unspecified atom stereocenters. The second-order valence-electron chi connectivity index (χ2n) is 5.26. The Morgan fingerprint density at radius 3 is 2.36 bits per heavy atom. The molecular formula is C16H29IN4S. The van der Waals surface area contributed by atoms with E-state index in [1.165, 1.54) is 11.1 Å². The van der Waals surface area contributed by atoms with Crippen LogP contribution in [0, 0.1) is 6.92 Å². The van der Waals surface area contributed by atoms with Gasteiger partial charge in [-0.15, -0.1) is 24.0 Å². The van der Waals surface area contributed by atoms with Crippen LogP contribution in [0.25, 0.3) is 0 Å². The third kappa shape index (κ3) is 7.69. The van der Waals surface area contributed by atoms with E-state index in [1.807, 2.05) is 18.8 Å². The summed E-state index contributed by atoms with van der Waals surface area (Å²) >= 11 is 1.83. The summed E-state index contributed by atoms with van der Waals surface area (Å²) in [6.07, 6.45) is 2.11. The molecule has 0 amide bonds. The molecule has 2 N–H and O–H groups in total. The van der Waals surface area contributed by atoms with E-state index in [-0.39, 0.29) is 24.0 Å². The number of rotatable bonds is 7. The third-order valence-corrected chi connectivity index (χ3v) is 3.98. The number of guanidine groups is 1. The highest BCUT2D eigenvalue weighted by Gasteiger charge is 2.14. The Hall–Kier alpha value is -0.470. The van der Waals surface area contributed by atoms with Crippen LogP contribution in [0.4, 0.5) is 0 Å². The van der Waals surface area contributed by atoms with Crippen molar-refractivity contribution in [3.8, 4) is 0 Å². The first kappa shape index (κ1) is 21.5. The van der Waals surface area contributed by atoms with Gasteiger partial charge in [0.1, 0.15) is 0 Å². The van der Waals surface area contributed by atoms with Gasteiger partial charge >= 0.3 is 0 Å². The van der Waals surface area contributed by atoms with E-state index < -0.39 is 0 Å². The molecule has 0 aliphatic rings. The van der Waals surface area contributed by atoms with Gasteiger partial charge in [0.2, 0.25) is 0 Å². The maximum absolute atomic E-state index is 4.27. The number of nitrogens with one attached hydrogen (secondary N) is 2. The fourth-order valence-corrected chi connectivity index (χ4v) is 2.38. The molecule has 0 aliphatic carbocycles. The van der Waals surface area contributed by atoms with Crippen molar-refractivity contribution in [3.63, 3.8) is 0 Å². The highest BCUT2D eigenvalue weighted by atomic mass is 127. The fourth-order valence-electron chi connectivity index (χ4n) is 2.07. The number of hydrogen-bond donors (Lipinski definition) is 2. The van der Waals surface area contributed by atoms with E-state index in [0.29, 0.717) is 6.04 Å². The molecule has 6 heteroatoms. The summed E-state index contributed by atoms with van der Waals surface area (Å²) < 4.78 is 0. The van der Waals surface area contributed by atoms with Crippen molar-refractivity contribution < 1.29 is 0 Å². The van der Waals surface area contributed by atoms with E-state index in [2.05, 4.69) is 72.1 Å². The Kier molecular flexibility index (Phi) is 11.8. The number of halogens is 1. The minimum atomic E-state index is 0. The minimum Gasteiger partial charge on any atom is -0.356 e. The molecule has 0 aromatic heterocycles. The molecule has 1 aromatic rings. The van der Waals surface area contributed by atoms with E-state index in [4.69, 9.17) is 0 Å². The smallest absolute Gasteiger partial charge is 0.191 e. The number of thioether (sulfide) groups is 1. The molecule has 1 aromatic carbocycles. The van der Waals surface area contributed by atoms with Crippen molar-refractivity contribution >= 4 is 41.7 Å². The molecule has 22 heavy (non-hydrogen) atoms. The molecule has 0 bridgehead atoms. The predicted molar refractivity (Wildman–Crippen MR) is 111 cm³/mol. The predicted octanol–water partition coefficient (Wildman–Crippen LogP) is 2.74. The van der Waals surface area contributed by atoms with Crippen LogP contribution in [0.3, 0.4) is 0 Å². The average molecular weight is 436 g/mol. The molecule has 0 saturated heterocycles. The Morgan fingerprint density at radius 1 is 1.23 bits per heavy atom. The summed E-state index contributed by atoms with van der Waals surface area (Å²) in [5.74, 6) is 1.94. The first-order chi connectivity index (χ1) is 10.1. The Balaban J connectivity index is 0.00000441. The Labute approximate surface area is 156 Å². The maximum atomic E-state index is 4.27. The molecule has 126 valence electrons. The van der Waals surface area contributed by atoms with E-state index >= 15 is 0 Å². The molecular weight excluding hydrogens is 407 g/mol. The second kappa shape index (κ2) is 12.0. The summed E-state index contributed by atoms with van der Waals surface area (Å²) in [6.45, 7) is 3.87. The van der Waals surface area contributed by atoms with Gasteiger partial charge in [0, 0.05) is 25.9 Å². The molecule has 1 atom stereocenters. The first-order valence-corrected chi connectivity index (χ1v) is 8.64. The number of aryl methyl sites for hydroxylation is 1. The molecule has 1 rings (SSSR count). The molecule has 0 saturated carbocycles. The zero-order chi connectivity index (χ0) is 15.7. The van der Waals surface area contributed by atoms with Gasteiger partial charge in [-0.05, 0) is 32.8 Å². The van der Waals surface area contributed by atoms with Gasteiger partial charge < -0.3 is 15.5 Å². The summed E-state index contributed by atoms with van der Waals surface area (Å²) in [4.78, 5) is 6.49. The van der Waals surface area contributed by atoms with Crippen molar-refractivity contribution in [1.29, 1.82) is 0 Å². The van der Waals surface area contributed by atoms with Crippen molar-refractivity contribution in [2.24, 2.45) is 4.99 Å². The van der Waals surface area contributed by atoms with Crippen LogP contribution in [-0.4, -0.2) is 57.1 Å². The van der Waals surface area contributed by atoms with Crippen LogP contribution in [0.5, 0.6) is 0 Å². The average Bonchev–Trinajstić information content (AvgIpc) is 2.47. The van der Waals surface area contributed by atoms with Crippen molar-refractivity contribution in [2.45, 2.75) is 13.0 Å². The van der Waals surface area contributed by atoms with Crippen molar-refractivity contribution in [1.82, 2.24) is 15.5 Å². The lowest BCUT2D eigenvalue weighted by molar-refractivity contribution is 0.298. The van der Waals surface area contributed by atoms with E-state index in [1.54, 1.807) is 0 Å². The number of benzene rings is 1. The molecule has 0 radical (unpaired) electrons. The molecule has 0 spiro atoms. The normalized spacial score (nSPS) is 12.7. The summed E-state index contributed by atoms with van der Waals surface area (Å²) in [5, 5.41) is 6.74. The quantitative estimate of drug-likeness (QED) is 0.299. The zero-order valence-corrected chi connectivity index (χ0v) is 17.4. The van der Waals surface area contributed by atoms with Crippen LogP contribution in [0.2, 0.25) is 0 Å². The highest BCUT2D eigenvalue weighted by Crippen LogP contribution is 2.17. The first-order valence-electron chi connectivity index (χ1n) is 7.25. The van der Waals surface area contributed by atoms with Crippen LogP contribution in [-0.2, 0) is 0 Å². The number of aliphatic imine (C=N–C) groups is 1. The number of nitrogens with zero attached hydrogens (tertiary/aromatic N) is 2. The SMILES string of the molecule is CN=C(NCCSC)NCC(c1ccc(C)cc1)N(C)C.I. The lowest BCUT2D eigenvalue weighted by atomic mass is 10.0. The lowest BCUT2D eigenvalue weighted by Crippen LogP contribution is -2.42. The van der Waals surface area contributed by atoms with Gasteiger partial charge in [0.25, 0.3) is 0 Å². The summed E-state index contributed by atoms with van der Waals surface area (Å²) in [7, 11) is 6.03. The van der Waals surface area contributed by atoms with Gasteiger partial charge in [-0.3, -0.25) is 4.99 Å². The molecule has 4 nitrogen and oxygen atoms in total. The standard InChI is InChI=1S/C16H28N4S.HI/c1-13-6-8-14(9-7-13)15(20(3)4)12-19-16(17-2)18-10-11-21-5;/h6-9,15H,10-12H2,1-5H3,(H2,17,18,19);1H. The van der Waals surface area contributed by atoms with Gasteiger partial charge in [-0.25, -0.2) is 0 Å². The third-order valence-electron chi connectivity index (χ3n) is 3.37.